The van der Waals surface area contributed by atoms with Crippen LogP contribution in [0.25, 0.3) is 10.8 Å². The van der Waals surface area contributed by atoms with Gasteiger partial charge in [0.2, 0.25) is 5.91 Å². The van der Waals surface area contributed by atoms with E-state index in [1.807, 2.05) is 48.3 Å². The Balaban J connectivity index is 1.64. The number of fused-ring (bicyclic) bond motifs is 1. The van der Waals surface area contributed by atoms with Crippen molar-refractivity contribution >= 4 is 38.5 Å². The first-order valence-electron chi connectivity index (χ1n) is 12.1. The summed E-state index contributed by atoms with van der Waals surface area (Å²) in [5.41, 5.74) is 0.650. The maximum absolute atomic E-state index is 13.2. The summed E-state index contributed by atoms with van der Waals surface area (Å²) in [6.45, 7) is 7.20. The molecule has 3 rings (SSSR count). The van der Waals surface area contributed by atoms with Crippen LogP contribution in [0.2, 0.25) is 0 Å². The van der Waals surface area contributed by atoms with Crippen LogP contribution < -0.4 is 16.0 Å². The molecular formula is C26H37BrN4O2. The number of hydrogen-bond donors (Lipinski definition) is 3. The summed E-state index contributed by atoms with van der Waals surface area (Å²) < 4.78 is 1.02. The predicted octanol–water partition coefficient (Wildman–Crippen LogP) is 3.94. The van der Waals surface area contributed by atoms with Crippen LogP contribution in [0, 0.1) is 5.92 Å². The zero-order valence-electron chi connectivity index (χ0n) is 20.0. The minimum absolute atomic E-state index is 0.0582. The van der Waals surface area contributed by atoms with Gasteiger partial charge in [0.15, 0.2) is 0 Å². The van der Waals surface area contributed by atoms with Crippen LogP contribution in [-0.4, -0.2) is 62.0 Å². The molecule has 2 aromatic rings. The number of hydrogen-bond acceptors (Lipinski definition) is 4. The van der Waals surface area contributed by atoms with Crippen molar-refractivity contribution in [2.45, 2.75) is 51.6 Å². The van der Waals surface area contributed by atoms with Crippen molar-refractivity contribution < 1.29 is 9.59 Å². The molecule has 0 saturated carbocycles. The van der Waals surface area contributed by atoms with Crippen LogP contribution in [0.15, 0.2) is 40.9 Å². The van der Waals surface area contributed by atoms with Gasteiger partial charge in [0.1, 0.15) is 0 Å². The molecule has 0 bridgehead atoms. The van der Waals surface area contributed by atoms with E-state index in [9.17, 15) is 9.59 Å². The fourth-order valence-electron chi connectivity index (χ4n) is 4.45. The van der Waals surface area contributed by atoms with Crippen LogP contribution in [-0.2, 0) is 4.79 Å². The average molecular weight is 518 g/mol. The normalized spacial score (nSPS) is 19.2. The quantitative estimate of drug-likeness (QED) is 0.447. The van der Waals surface area contributed by atoms with E-state index in [0.29, 0.717) is 18.0 Å². The molecule has 33 heavy (non-hydrogen) atoms. The highest BCUT2D eigenvalue weighted by atomic mass is 79.9. The van der Waals surface area contributed by atoms with Crippen LogP contribution >= 0.6 is 15.9 Å². The summed E-state index contributed by atoms with van der Waals surface area (Å²) >= 11 is 3.49. The molecule has 0 aliphatic carbocycles. The van der Waals surface area contributed by atoms with Gasteiger partial charge in [-0.15, -0.1) is 0 Å². The Kier molecular flexibility index (Phi) is 9.71. The lowest BCUT2D eigenvalue weighted by Gasteiger charge is -2.28. The first-order chi connectivity index (χ1) is 15.9. The number of benzene rings is 2. The molecule has 2 unspecified atom stereocenters. The van der Waals surface area contributed by atoms with Crippen LogP contribution in [0.5, 0.6) is 0 Å². The van der Waals surface area contributed by atoms with E-state index < -0.39 is 0 Å². The topological polar surface area (TPSA) is 73.5 Å². The Morgan fingerprint density at radius 3 is 2.64 bits per heavy atom. The van der Waals surface area contributed by atoms with Crippen molar-refractivity contribution in [1.82, 2.24) is 20.9 Å². The summed E-state index contributed by atoms with van der Waals surface area (Å²) in [4.78, 5) is 28.1. The number of carbonyl (C=O) groups excluding carboxylic acids is 2. The van der Waals surface area contributed by atoms with E-state index in [4.69, 9.17) is 0 Å². The molecule has 3 N–H and O–H groups in total. The van der Waals surface area contributed by atoms with Crippen LogP contribution in [0.4, 0.5) is 0 Å². The molecule has 2 atom stereocenters. The van der Waals surface area contributed by atoms with Crippen molar-refractivity contribution in [1.29, 1.82) is 0 Å². The van der Waals surface area contributed by atoms with Gasteiger partial charge in [-0.05, 0) is 67.4 Å². The molecule has 0 spiro atoms. The minimum atomic E-state index is -0.227. The lowest BCUT2D eigenvalue weighted by Crippen LogP contribution is -2.50. The predicted molar refractivity (Wildman–Crippen MR) is 139 cm³/mol. The summed E-state index contributed by atoms with van der Waals surface area (Å²) in [6.07, 6.45) is 3.72. The Morgan fingerprint density at radius 1 is 1.18 bits per heavy atom. The molecule has 7 heteroatoms. The zero-order chi connectivity index (χ0) is 23.8. The Labute approximate surface area is 206 Å². The highest BCUT2D eigenvalue weighted by molar-refractivity contribution is 9.10. The number of amides is 2. The van der Waals surface area contributed by atoms with E-state index >= 15 is 0 Å². The maximum Gasteiger partial charge on any atom is 0.251 e. The molecule has 180 valence electrons. The van der Waals surface area contributed by atoms with E-state index in [1.165, 1.54) is 0 Å². The third kappa shape index (κ3) is 7.01. The Bertz CT molecular complexity index is 947. The smallest absolute Gasteiger partial charge is 0.251 e. The van der Waals surface area contributed by atoms with Gasteiger partial charge in [0.25, 0.3) is 5.91 Å². The van der Waals surface area contributed by atoms with E-state index in [1.54, 1.807) is 0 Å². The molecule has 0 aromatic heterocycles. The molecule has 6 nitrogen and oxygen atoms in total. The van der Waals surface area contributed by atoms with Gasteiger partial charge in [-0.2, -0.15) is 0 Å². The molecule has 1 aliphatic rings. The number of carbonyl (C=O) groups is 2. The molecule has 2 aromatic carbocycles. The molecule has 1 saturated heterocycles. The van der Waals surface area contributed by atoms with E-state index in [0.717, 1.165) is 60.6 Å². The van der Waals surface area contributed by atoms with Gasteiger partial charge >= 0.3 is 0 Å². The lowest BCUT2D eigenvalue weighted by molar-refractivity contribution is -0.133. The summed E-state index contributed by atoms with van der Waals surface area (Å²) in [7, 11) is 1.91. The van der Waals surface area contributed by atoms with Gasteiger partial charge < -0.3 is 20.9 Å². The third-order valence-corrected chi connectivity index (χ3v) is 7.18. The highest BCUT2D eigenvalue weighted by Gasteiger charge is 2.31. The number of rotatable bonds is 10. The summed E-state index contributed by atoms with van der Waals surface area (Å²) in [5.74, 6) is 0.633. The highest BCUT2D eigenvalue weighted by Crippen LogP contribution is 2.21. The zero-order valence-corrected chi connectivity index (χ0v) is 21.6. The fraction of sp³-hybridized carbons (Fsp3) is 0.538. The molecule has 0 radical (unpaired) electrons. The van der Waals surface area contributed by atoms with Crippen molar-refractivity contribution in [3.63, 3.8) is 0 Å². The van der Waals surface area contributed by atoms with Crippen molar-refractivity contribution in [3.8, 4) is 0 Å². The van der Waals surface area contributed by atoms with Gasteiger partial charge in [0.05, 0.1) is 6.04 Å². The summed E-state index contributed by atoms with van der Waals surface area (Å²) in [6, 6.07) is 11.6. The van der Waals surface area contributed by atoms with Gasteiger partial charge in [-0.25, -0.2) is 0 Å². The molecule has 2 amide bonds. The SMILES string of the molecule is CCC(CC)CN1CCC(CNC(=O)c2ccc3cc(Br)ccc3c2)NC(CCNC)C1=O. The van der Waals surface area contributed by atoms with E-state index in [-0.39, 0.29) is 23.9 Å². The van der Waals surface area contributed by atoms with E-state index in [2.05, 4.69) is 45.7 Å². The molecule has 1 heterocycles. The van der Waals surface area contributed by atoms with Gasteiger partial charge in [-0.1, -0.05) is 54.8 Å². The fourth-order valence-corrected chi connectivity index (χ4v) is 4.83. The molecular weight excluding hydrogens is 480 g/mol. The Morgan fingerprint density at radius 2 is 1.91 bits per heavy atom. The first kappa shape index (κ1) is 25.7. The Hall–Kier alpha value is -1.96. The third-order valence-electron chi connectivity index (χ3n) is 6.68. The largest absolute Gasteiger partial charge is 0.350 e. The van der Waals surface area contributed by atoms with Crippen molar-refractivity contribution in [3.05, 3.63) is 46.4 Å². The number of nitrogens with zero attached hydrogens (tertiary/aromatic N) is 1. The lowest BCUT2D eigenvalue weighted by atomic mass is 10.0. The van der Waals surface area contributed by atoms with Gasteiger partial charge in [-0.3, -0.25) is 9.59 Å². The molecule has 1 fully saturated rings. The molecule has 1 aliphatic heterocycles. The van der Waals surface area contributed by atoms with Crippen LogP contribution in [0.1, 0.15) is 49.9 Å². The second-order valence-electron chi connectivity index (χ2n) is 8.98. The second-order valence-corrected chi connectivity index (χ2v) is 9.90. The monoisotopic (exact) mass is 516 g/mol. The summed E-state index contributed by atoms with van der Waals surface area (Å²) in [5, 5.41) is 11.9. The first-order valence-corrected chi connectivity index (χ1v) is 12.9. The van der Waals surface area contributed by atoms with Crippen molar-refractivity contribution in [2.24, 2.45) is 5.92 Å². The second kappa shape index (κ2) is 12.5. The number of nitrogens with one attached hydrogen (secondary N) is 3. The van der Waals surface area contributed by atoms with Crippen molar-refractivity contribution in [2.75, 3.05) is 33.2 Å². The standard InChI is InChI=1S/C26H37BrN4O2/c1-4-18(5-2)17-31-13-11-23(30-24(26(31)33)10-12-28-3)16-29-25(32)21-7-6-20-15-22(27)9-8-19(20)14-21/h6-9,14-15,18,23-24,28,30H,4-5,10-13,16-17H2,1-3H3,(H,29,32). The minimum Gasteiger partial charge on any atom is -0.350 e. The maximum atomic E-state index is 13.2. The number of halogens is 1. The van der Waals surface area contributed by atoms with Crippen LogP contribution in [0.3, 0.4) is 0 Å². The average Bonchev–Trinajstić information content (AvgIpc) is 2.97. The van der Waals surface area contributed by atoms with Gasteiger partial charge in [0, 0.05) is 35.7 Å².